The standard InChI is InChI=1S/C26H30N2O5/c1-16(25(31)28-23-12-6-7-17(23)13-24(29)30)14-27-26(32)33-15-22-20-10-4-2-8-18(20)19-9-3-5-11-21(19)22/h2-5,8-11,16-17,22-23H,6-7,12-15H2,1H3,(H,27,32)(H,28,31)(H,29,30). The Morgan fingerprint density at radius 2 is 1.67 bits per heavy atom. The van der Waals surface area contributed by atoms with Crippen LogP contribution in [0.25, 0.3) is 11.1 Å². The molecular formula is C26H30N2O5. The molecule has 2 aliphatic rings. The molecule has 0 radical (unpaired) electrons. The molecular weight excluding hydrogens is 420 g/mol. The maximum absolute atomic E-state index is 12.5. The Hall–Kier alpha value is -3.35. The first-order valence-corrected chi connectivity index (χ1v) is 11.5. The molecule has 174 valence electrons. The number of hydrogen-bond donors (Lipinski definition) is 3. The zero-order valence-electron chi connectivity index (χ0n) is 18.8. The lowest BCUT2D eigenvalue weighted by molar-refractivity contribution is -0.138. The number of amides is 2. The van der Waals surface area contributed by atoms with Crippen molar-refractivity contribution in [3.63, 3.8) is 0 Å². The van der Waals surface area contributed by atoms with Gasteiger partial charge in [0.2, 0.25) is 5.91 Å². The molecule has 0 bridgehead atoms. The van der Waals surface area contributed by atoms with E-state index in [1.807, 2.05) is 24.3 Å². The molecule has 1 fully saturated rings. The summed E-state index contributed by atoms with van der Waals surface area (Å²) in [6, 6.07) is 16.2. The van der Waals surface area contributed by atoms with E-state index in [0.717, 1.165) is 30.4 Å². The fourth-order valence-corrected chi connectivity index (χ4v) is 5.00. The number of fused-ring (bicyclic) bond motifs is 3. The largest absolute Gasteiger partial charge is 0.481 e. The molecule has 2 aromatic carbocycles. The van der Waals surface area contributed by atoms with Gasteiger partial charge in [-0.2, -0.15) is 0 Å². The van der Waals surface area contributed by atoms with Crippen LogP contribution in [0.15, 0.2) is 48.5 Å². The van der Waals surface area contributed by atoms with Crippen LogP contribution in [-0.2, 0) is 14.3 Å². The highest BCUT2D eigenvalue weighted by atomic mass is 16.5. The monoisotopic (exact) mass is 450 g/mol. The Labute approximate surface area is 193 Å². The topological polar surface area (TPSA) is 105 Å². The molecule has 0 spiro atoms. The molecule has 0 aromatic heterocycles. The highest BCUT2D eigenvalue weighted by Crippen LogP contribution is 2.44. The summed E-state index contributed by atoms with van der Waals surface area (Å²) in [4.78, 5) is 35.9. The van der Waals surface area contributed by atoms with Crippen LogP contribution in [0.3, 0.4) is 0 Å². The average Bonchev–Trinajstić information content (AvgIpc) is 3.37. The Balaban J connectivity index is 1.26. The van der Waals surface area contributed by atoms with Gasteiger partial charge in [-0.25, -0.2) is 4.79 Å². The number of carboxylic acids is 1. The second-order valence-corrected chi connectivity index (χ2v) is 9.01. The molecule has 0 saturated heterocycles. The molecule has 0 aliphatic heterocycles. The third kappa shape index (κ3) is 5.18. The molecule has 2 aliphatic carbocycles. The summed E-state index contributed by atoms with van der Waals surface area (Å²) in [7, 11) is 0. The van der Waals surface area contributed by atoms with Gasteiger partial charge in [0.05, 0.1) is 12.3 Å². The quantitative estimate of drug-likeness (QED) is 0.565. The molecule has 7 heteroatoms. The summed E-state index contributed by atoms with van der Waals surface area (Å²) < 4.78 is 5.52. The molecule has 7 nitrogen and oxygen atoms in total. The molecule has 4 rings (SSSR count). The van der Waals surface area contributed by atoms with Crippen molar-refractivity contribution in [1.29, 1.82) is 0 Å². The van der Waals surface area contributed by atoms with Gasteiger partial charge >= 0.3 is 12.1 Å². The van der Waals surface area contributed by atoms with E-state index >= 15 is 0 Å². The fourth-order valence-electron chi connectivity index (χ4n) is 5.00. The Kier molecular flexibility index (Phi) is 6.96. The molecule has 2 amide bonds. The predicted octanol–water partition coefficient (Wildman–Crippen LogP) is 3.92. The lowest BCUT2D eigenvalue weighted by atomic mass is 9.98. The molecule has 3 N–H and O–H groups in total. The number of alkyl carbamates (subject to hydrolysis) is 1. The van der Waals surface area contributed by atoms with Crippen molar-refractivity contribution >= 4 is 18.0 Å². The van der Waals surface area contributed by atoms with Crippen LogP contribution in [0.4, 0.5) is 4.79 Å². The Bertz CT molecular complexity index is 991. The van der Waals surface area contributed by atoms with E-state index in [4.69, 9.17) is 9.84 Å². The summed E-state index contributed by atoms with van der Waals surface area (Å²) in [6.45, 7) is 2.11. The van der Waals surface area contributed by atoms with Crippen molar-refractivity contribution < 1.29 is 24.2 Å². The van der Waals surface area contributed by atoms with E-state index in [1.54, 1.807) is 6.92 Å². The smallest absolute Gasteiger partial charge is 0.407 e. The number of aliphatic carboxylic acids is 1. The van der Waals surface area contributed by atoms with E-state index in [9.17, 15) is 14.4 Å². The van der Waals surface area contributed by atoms with Gasteiger partial charge in [0.1, 0.15) is 6.61 Å². The maximum Gasteiger partial charge on any atom is 0.407 e. The number of nitrogens with one attached hydrogen (secondary N) is 2. The third-order valence-electron chi connectivity index (χ3n) is 6.77. The summed E-state index contributed by atoms with van der Waals surface area (Å²) >= 11 is 0. The van der Waals surface area contributed by atoms with Gasteiger partial charge < -0.3 is 20.5 Å². The van der Waals surface area contributed by atoms with Gasteiger partial charge in [-0.3, -0.25) is 9.59 Å². The van der Waals surface area contributed by atoms with Crippen molar-refractivity contribution in [2.45, 2.75) is 44.6 Å². The number of carbonyl (C=O) groups is 3. The van der Waals surface area contributed by atoms with Crippen molar-refractivity contribution in [3.8, 4) is 11.1 Å². The van der Waals surface area contributed by atoms with E-state index < -0.39 is 18.0 Å². The number of ether oxygens (including phenoxy) is 1. The zero-order chi connectivity index (χ0) is 23.4. The van der Waals surface area contributed by atoms with Crippen molar-refractivity contribution in [2.75, 3.05) is 13.2 Å². The van der Waals surface area contributed by atoms with Crippen molar-refractivity contribution in [1.82, 2.24) is 10.6 Å². The van der Waals surface area contributed by atoms with Crippen LogP contribution in [0.5, 0.6) is 0 Å². The number of carboxylic acid groups (broad SMARTS) is 1. The van der Waals surface area contributed by atoms with Gasteiger partial charge in [0.15, 0.2) is 0 Å². The SMILES string of the molecule is CC(CNC(=O)OCC1c2ccccc2-c2ccccc21)C(=O)NC1CCCC1CC(=O)O. The van der Waals surface area contributed by atoms with Gasteiger partial charge in [-0.1, -0.05) is 61.9 Å². The van der Waals surface area contributed by atoms with E-state index in [1.165, 1.54) is 11.1 Å². The van der Waals surface area contributed by atoms with Crippen LogP contribution in [-0.4, -0.2) is 42.3 Å². The lowest BCUT2D eigenvalue weighted by Crippen LogP contribution is -2.44. The van der Waals surface area contributed by atoms with Gasteiger partial charge in [-0.15, -0.1) is 0 Å². The number of rotatable bonds is 8. The second-order valence-electron chi connectivity index (χ2n) is 9.01. The fraction of sp³-hybridized carbons (Fsp3) is 0.423. The Morgan fingerprint density at radius 3 is 2.30 bits per heavy atom. The summed E-state index contributed by atoms with van der Waals surface area (Å²) in [6.07, 6.45) is 2.02. The first-order valence-electron chi connectivity index (χ1n) is 11.5. The Morgan fingerprint density at radius 1 is 1.03 bits per heavy atom. The molecule has 2 aromatic rings. The molecule has 0 heterocycles. The lowest BCUT2D eigenvalue weighted by Gasteiger charge is -2.22. The first-order chi connectivity index (χ1) is 15.9. The van der Waals surface area contributed by atoms with E-state index in [0.29, 0.717) is 0 Å². The average molecular weight is 451 g/mol. The number of carbonyl (C=O) groups excluding carboxylic acids is 2. The first kappa shape index (κ1) is 22.8. The van der Waals surface area contributed by atoms with Gasteiger partial charge in [0.25, 0.3) is 0 Å². The van der Waals surface area contributed by atoms with Crippen LogP contribution >= 0.6 is 0 Å². The summed E-state index contributed by atoms with van der Waals surface area (Å²) in [5.74, 6) is -1.52. The van der Waals surface area contributed by atoms with Gasteiger partial charge in [0, 0.05) is 18.5 Å². The van der Waals surface area contributed by atoms with Crippen LogP contribution < -0.4 is 10.6 Å². The van der Waals surface area contributed by atoms with Crippen LogP contribution in [0.1, 0.15) is 49.7 Å². The summed E-state index contributed by atoms with van der Waals surface area (Å²) in [5, 5.41) is 14.7. The molecule has 1 saturated carbocycles. The summed E-state index contributed by atoms with van der Waals surface area (Å²) in [5.41, 5.74) is 4.62. The highest BCUT2D eigenvalue weighted by molar-refractivity contribution is 5.80. The normalized spacial score (nSPS) is 19.9. The van der Waals surface area contributed by atoms with E-state index in [2.05, 4.69) is 34.9 Å². The minimum Gasteiger partial charge on any atom is -0.481 e. The minimum absolute atomic E-state index is 0.0163. The third-order valence-corrected chi connectivity index (χ3v) is 6.77. The second kappa shape index (κ2) is 10.1. The number of hydrogen-bond acceptors (Lipinski definition) is 4. The van der Waals surface area contributed by atoms with Crippen molar-refractivity contribution in [3.05, 3.63) is 59.7 Å². The van der Waals surface area contributed by atoms with Gasteiger partial charge in [-0.05, 0) is 41.0 Å². The predicted molar refractivity (Wildman–Crippen MR) is 124 cm³/mol. The van der Waals surface area contributed by atoms with Crippen LogP contribution in [0, 0.1) is 11.8 Å². The zero-order valence-corrected chi connectivity index (χ0v) is 18.8. The molecule has 33 heavy (non-hydrogen) atoms. The maximum atomic E-state index is 12.5. The molecule has 3 atom stereocenters. The van der Waals surface area contributed by atoms with Crippen LogP contribution in [0.2, 0.25) is 0 Å². The highest BCUT2D eigenvalue weighted by Gasteiger charge is 2.32. The minimum atomic E-state index is -0.842. The van der Waals surface area contributed by atoms with Crippen molar-refractivity contribution in [2.24, 2.45) is 11.8 Å². The number of benzene rings is 2. The molecule has 3 unspecified atom stereocenters. The van der Waals surface area contributed by atoms with E-state index in [-0.39, 0.29) is 43.4 Å².